The molecule has 2 aromatic carbocycles. The van der Waals surface area contributed by atoms with Crippen LogP contribution in [0.25, 0.3) is 0 Å². The Balaban J connectivity index is 1.09. The van der Waals surface area contributed by atoms with Crippen LogP contribution in [0.1, 0.15) is 135 Å². The second-order valence-corrected chi connectivity index (χ2v) is 22.0. The Morgan fingerprint density at radius 3 is 1.77 bits per heavy atom. The third-order valence-corrected chi connectivity index (χ3v) is 15.2. The van der Waals surface area contributed by atoms with Gasteiger partial charge in [0, 0.05) is 86.0 Å². The summed E-state index contributed by atoms with van der Waals surface area (Å²) >= 11 is 0. The van der Waals surface area contributed by atoms with E-state index in [-0.39, 0.29) is 48.3 Å². The van der Waals surface area contributed by atoms with E-state index in [9.17, 15) is 54.7 Å². The topological polar surface area (TPSA) is 242 Å². The molecule has 0 radical (unpaired) electrons. The molecule has 5 aliphatic rings. The smallest absolute Gasteiger partial charge is 0.333 e. The lowest BCUT2D eigenvalue weighted by atomic mass is 9.81. The highest BCUT2D eigenvalue weighted by molar-refractivity contribution is 7.86. The summed E-state index contributed by atoms with van der Waals surface area (Å²) in [6, 6.07) is 9.12. The fraction of sp³-hybridized carbons (Fsp3) is 0.460. The molecule has 0 unspecified atom stereocenters. The highest BCUT2D eigenvalue weighted by Gasteiger charge is 2.45. The molecule has 7 rings (SSSR count). The van der Waals surface area contributed by atoms with E-state index in [2.05, 4.69) is 27.7 Å². The number of benzene rings is 2. The Morgan fingerprint density at radius 2 is 1.20 bits per heavy atom. The van der Waals surface area contributed by atoms with Gasteiger partial charge in [-0.25, -0.2) is 9.59 Å². The molecule has 0 spiro atoms. The molecule has 2 aromatic rings. The molecular formula is C50H59N4O14S2+. The van der Waals surface area contributed by atoms with Gasteiger partial charge in [0.05, 0.1) is 15.2 Å². The molecule has 2 N–H and O–H groups in total. The van der Waals surface area contributed by atoms with Crippen LogP contribution in [0.2, 0.25) is 0 Å². The minimum Gasteiger partial charge on any atom is -0.344 e. The van der Waals surface area contributed by atoms with Gasteiger partial charge in [0.15, 0.2) is 5.71 Å². The first kappa shape index (κ1) is 51.8. The van der Waals surface area contributed by atoms with Gasteiger partial charge in [0.2, 0.25) is 5.69 Å². The number of rotatable bonds is 19. The monoisotopic (exact) mass is 1000 g/mol. The quantitative estimate of drug-likeness (QED) is 0.0614. The molecule has 1 aliphatic carbocycles. The number of allylic oxidation sites excluding steroid dienone is 8. The van der Waals surface area contributed by atoms with Crippen molar-refractivity contribution in [2.45, 2.75) is 145 Å². The lowest BCUT2D eigenvalue weighted by molar-refractivity contribution is -0.438. The van der Waals surface area contributed by atoms with Gasteiger partial charge >= 0.3 is 11.9 Å². The predicted octanol–water partition coefficient (Wildman–Crippen LogP) is 7.17. The molecular weight excluding hydrogens is 945 g/mol. The van der Waals surface area contributed by atoms with Gasteiger partial charge < -0.3 is 14.6 Å². The third-order valence-electron chi connectivity index (χ3n) is 13.5. The van der Waals surface area contributed by atoms with Crippen molar-refractivity contribution in [3.63, 3.8) is 0 Å². The average molecular weight is 1000 g/mol. The van der Waals surface area contributed by atoms with E-state index < -0.39 is 66.6 Å². The van der Waals surface area contributed by atoms with E-state index in [1.165, 1.54) is 24.3 Å². The number of hydrogen-bond acceptors (Lipinski definition) is 13. The van der Waals surface area contributed by atoms with Crippen molar-refractivity contribution >= 4 is 72.9 Å². The van der Waals surface area contributed by atoms with Crippen LogP contribution in [0.3, 0.4) is 0 Å². The molecule has 374 valence electrons. The summed E-state index contributed by atoms with van der Waals surface area (Å²) in [6.45, 7) is 9.01. The summed E-state index contributed by atoms with van der Waals surface area (Å²) in [7, 11) is -8.96. The molecule has 18 nitrogen and oxygen atoms in total. The zero-order chi connectivity index (χ0) is 50.8. The standard InChI is InChI=1S/C50H58N4O14S2/c1-49(2)37-31-35(69(61,62)63)18-20-39(37)51(28-9-5-7-14-47(59)67-53-43(55)24-25-44(53)56)41(49)22-16-33-12-11-13-34(30-33)17-23-42-50(3,4)38-32-36(70(64,65)66)19-21-40(38)52(42)29-10-6-8-15-48(60)68-54-45(57)26-27-46(54)58/h16-23,30-32H,5-15,24-29H2,1-4H3,(H-,61,62,63,64,65,66)/p+1. The zero-order valence-electron chi connectivity index (χ0n) is 39.8. The number of fused-ring (bicyclic) bond motifs is 2. The van der Waals surface area contributed by atoms with Crippen LogP contribution in [0.5, 0.6) is 0 Å². The first-order valence-corrected chi connectivity index (χ1v) is 26.4. The number of carbonyl (C=O) groups excluding carboxylic acids is 6. The van der Waals surface area contributed by atoms with Crippen LogP contribution in [0, 0.1) is 0 Å². The Labute approximate surface area is 407 Å². The van der Waals surface area contributed by atoms with Crippen molar-refractivity contribution in [2.24, 2.45) is 0 Å². The lowest BCUT2D eigenvalue weighted by Crippen LogP contribution is -2.32. The van der Waals surface area contributed by atoms with Crippen LogP contribution < -0.4 is 4.90 Å². The van der Waals surface area contributed by atoms with Gasteiger partial charge in [-0.3, -0.25) is 28.3 Å². The fourth-order valence-electron chi connectivity index (χ4n) is 9.67. The normalized spacial score (nSPS) is 20.1. The van der Waals surface area contributed by atoms with E-state index in [0.29, 0.717) is 61.7 Å². The summed E-state index contributed by atoms with van der Waals surface area (Å²) in [6.07, 6.45) is 16.3. The Morgan fingerprint density at radius 1 is 0.657 bits per heavy atom. The largest absolute Gasteiger partial charge is 0.344 e. The van der Waals surface area contributed by atoms with Crippen LogP contribution in [-0.2, 0) is 69.5 Å². The number of carbonyl (C=O) groups is 6. The first-order chi connectivity index (χ1) is 33.0. The Hall–Kier alpha value is -6.09. The zero-order valence-corrected chi connectivity index (χ0v) is 41.4. The fourth-order valence-corrected chi connectivity index (χ4v) is 10.7. The molecule has 4 aliphatic heterocycles. The lowest BCUT2D eigenvalue weighted by Gasteiger charge is -2.27. The molecule has 0 bridgehead atoms. The Kier molecular flexibility index (Phi) is 15.3. The van der Waals surface area contributed by atoms with Gasteiger partial charge in [-0.15, -0.1) is 10.1 Å². The maximum Gasteiger partial charge on any atom is 0.333 e. The van der Waals surface area contributed by atoms with Crippen LogP contribution >= 0.6 is 0 Å². The predicted molar refractivity (Wildman–Crippen MR) is 254 cm³/mol. The molecule has 4 heterocycles. The third kappa shape index (κ3) is 11.4. The molecule has 20 heteroatoms. The molecule has 2 fully saturated rings. The number of anilines is 1. The Bertz CT molecular complexity index is 2880. The van der Waals surface area contributed by atoms with Crippen LogP contribution in [0.15, 0.2) is 93.4 Å². The number of hydrogen-bond donors (Lipinski definition) is 2. The SMILES string of the molecule is CC1(C)C(/C=C/C2=CC(=C/C=C3/N(CCCCCC(=O)ON4C(=O)CCC4=O)c4ccc(S(=O)(=O)O)cc4C3(C)C)/CCC2)=[N+](CCCCCC(=O)ON2C(=O)CCC2=O)c2ccc(S(=O)(=O)O)cc21. The molecule has 0 saturated carbocycles. The number of unbranched alkanes of at least 4 members (excludes halogenated alkanes) is 4. The molecule has 4 amide bonds. The van der Waals surface area contributed by atoms with E-state index in [0.717, 1.165) is 64.3 Å². The minimum absolute atomic E-state index is 0.0110. The van der Waals surface area contributed by atoms with Crippen molar-refractivity contribution in [1.82, 2.24) is 10.1 Å². The second kappa shape index (κ2) is 20.7. The minimum atomic E-state index is -4.48. The van der Waals surface area contributed by atoms with E-state index >= 15 is 0 Å². The maximum atomic E-state index is 12.4. The van der Waals surface area contributed by atoms with Crippen molar-refractivity contribution < 1.29 is 69.0 Å². The number of nitrogens with zero attached hydrogens (tertiary/aromatic N) is 4. The van der Waals surface area contributed by atoms with Crippen molar-refractivity contribution in [1.29, 1.82) is 0 Å². The highest BCUT2D eigenvalue weighted by Crippen LogP contribution is 2.49. The summed E-state index contributed by atoms with van der Waals surface area (Å²) in [5.74, 6) is -3.49. The van der Waals surface area contributed by atoms with Gasteiger partial charge in [-0.2, -0.15) is 21.4 Å². The van der Waals surface area contributed by atoms with E-state index in [4.69, 9.17) is 9.68 Å². The van der Waals surface area contributed by atoms with Gasteiger partial charge in [-0.05, 0) is 112 Å². The second-order valence-electron chi connectivity index (χ2n) is 19.2. The highest BCUT2D eigenvalue weighted by atomic mass is 32.2. The summed E-state index contributed by atoms with van der Waals surface area (Å²) in [5, 5.41) is 1.08. The summed E-state index contributed by atoms with van der Waals surface area (Å²) in [4.78, 5) is 84.0. The molecule has 70 heavy (non-hydrogen) atoms. The van der Waals surface area contributed by atoms with E-state index in [1.54, 1.807) is 12.1 Å². The van der Waals surface area contributed by atoms with Gasteiger partial charge in [-0.1, -0.05) is 38.5 Å². The number of amides is 4. The summed E-state index contributed by atoms with van der Waals surface area (Å²) in [5.41, 5.74) is 5.58. The first-order valence-electron chi connectivity index (χ1n) is 23.6. The van der Waals surface area contributed by atoms with Crippen molar-refractivity contribution in [3.8, 4) is 0 Å². The van der Waals surface area contributed by atoms with Gasteiger partial charge in [0.25, 0.3) is 43.9 Å². The maximum absolute atomic E-state index is 12.4. The molecule has 0 atom stereocenters. The van der Waals surface area contributed by atoms with E-state index in [1.807, 2.05) is 39.8 Å². The van der Waals surface area contributed by atoms with Crippen molar-refractivity contribution in [3.05, 3.63) is 94.7 Å². The molecule has 2 saturated heterocycles. The van der Waals surface area contributed by atoms with Gasteiger partial charge in [0.1, 0.15) is 6.54 Å². The average Bonchev–Trinajstić information content (AvgIpc) is 3.93. The number of hydroxylamine groups is 4. The summed E-state index contributed by atoms with van der Waals surface area (Å²) < 4.78 is 70.9. The van der Waals surface area contributed by atoms with Crippen molar-refractivity contribution in [2.75, 3.05) is 18.0 Å². The van der Waals surface area contributed by atoms with Crippen LogP contribution in [0.4, 0.5) is 11.4 Å². The number of imide groups is 2. The molecule has 0 aromatic heterocycles. The van der Waals surface area contributed by atoms with Crippen LogP contribution in [-0.4, -0.2) is 95.0 Å².